The molecule has 2 unspecified atom stereocenters. The molecule has 1 fully saturated rings. The van der Waals surface area contributed by atoms with Gasteiger partial charge in [0.05, 0.1) is 7.11 Å². The molecule has 17 heavy (non-hydrogen) atoms. The van der Waals surface area contributed by atoms with Gasteiger partial charge in [0.25, 0.3) is 0 Å². The van der Waals surface area contributed by atoms with Crippen LogP contribution in [0, 0.1) is 0 Å². The van der Waals surface area contributed by atoms with Crippen LogP contribution in [0.1, 0.15) is 18.9 Å². The predicted octanol–water partition coefficient (Wildman–Crippen LogP) is 3.33. The molecule has 1 aromatic rings. The predicted molar refractivity (Wildman–Crippen MR) is 75.2 cm³/mol. The zero-order chi connectivity index (χ0) is 12.3. The fraction of sp³-hybridized carbons (Fsp3) is 0.538. The van der Waals surface area contributed by atoms with Gasteiger partial charge in [-0.2, -0.15) is 11.8 Å². The Kier molecular flexibility index (Phi) is 4.60. The van der Waals surface area contributed by atoms with Crippen LogP contribution in [-0.4, -0.2) is 24.2 Å². The van der Waals surface area contributed by atoms with Crippen molar-refractivity contribution in [2.75, 3.05) is 12.9 Å². The number of halogens is 1. The molecule has 0 spiro atoms. The van der Waals surface area contributed by atoms with Gasteiger partial charge in [0.15, 0.2) is 0 Å². The van der Waals surface area contributed by atoms with Gasteiger partial charge in [0.2, 0.25) is 0 Å². The van der Waals surface area contributed by atoms with E-state index in [0.29, 0.717) is 11.3 Å². The van der Waals surface area contributed by atoms with Crippen molar-refractivity contribution in [2.24, 2.45) is 0 Å². The molecule has 0 radical (unpaired) electrons. The molecule has 1 aliphatic heterocycles. The minimum Gasteiger partial charge on any atom is -0.496 e. The van der Waals surface area contributed by atoms with E-state index in [1.807, 2.05) is 30.0 Å². The molecule has 0 saturated carbocycles. The molecule has 0 aromatic heterocycles. The number of ether oxygens (including phenoxy) is 1. The molecule has 0 bridgehead atoms. The topological polar surface area (TPSA) is 21.3 Å². The van der Waals surface area contributed by atoms with Crippen LogP contribution in [0.3, 0.4) is 0 Å². The zero-order valence-electron chi connectivity index (χ0n) is 10.2. The largest absolute Gasteiger partial charge is 0.496 e. The van der Waals surface area contributed by atoms with E-state index in [0.717, 1.165) is 22.9 Å². The Hall–Kier alpha value is -0.380. The number of benzene rings is 1. The molecule has 0 amide bonds. The summed E-state index contributed by atoms with van der Waals surface area (Å²) in [5, 5.41) is 5.03. The fourth-order valence-corrected chi connectivity index (χ4v) is 3.59. The highest BCUT2D eigenvalue weighted by Gasteiger charge is 2.23. The van der Waals surface area contributed by atoms with Crippen LogP contribution in [0.25, 0.3) is 0 Å². The SMILES string of the molecule is COc1cccc(Cl)c1CNC1CCSC1C. The number of thioether (sulfide) groups is 1. The Morgan fingerprint density at radius 2 is 2.35 bits per heavy atom. The Bertz CT molecular complexity index is 386. The van der Waals surface area contributed by atoms with E-state index in [9.17, 15) is 0 Å². The lowest BCUT2D eigenvalue weighted by molar-refractivity contribution is 0.404. The van der Waals surface area contributed by atoms with Gasteiger partial charge in [0, 0.05) is 28.4 Å². The van der Waals surface area contributed by atoms with Gasteiger partial charge in [-0.05, 0) is 24.3 Å². The second-order valence-corrected chi connectivity index (χ2v) is 6.16. The van der Waals surface area contributed by atoms with Crippen molar-refractivity contribution in [3.05, 3.63) is 28.8 Å². The highest BCUT2D eigenvalue weighted by atomic mass is 35.5. The van der Waals surface area contributed by atoms with E-state index in [-0.39, 0.29) is 0 Å². The molecule has 0 aliphatic carbocycles. The minimum atomic E-state index is 0.584. The normalized spacial score (nSPS) is 23.9. The lowest BCUT2D eigenvalue weighted by Gasteiger charge is -2.18. The summed E-state index contributed by atoms with van der Waals surface area (Å²) in [5.41, 5.74) is 1.06. The maximum Gasteiger partial charge on any atom is 0.124 e. The van der Waals surface area contributed by atoms with Crippen molar-refractivity contribution in [1.29, 1.82) is 0 Å². The molecule has 2 nitrogen and oxygen atoms in total. The van der Waals surface area contributed by atoms with Gasteiger partial charge in [-0.3, -0.25) is 0 Å². The van der Waals surface area contributed by atoms with E-state index in [1.165, 1.54) is 12.2 Å². The molecule has 94 valence electrons. The summed E-state index contributed by atoms with van der Waals surface area (Å²) in [6, 6.07) is 6.36. The van der Waals surface area contributed by atoms with Crippen LogP contribution in [0.5, 0.6) is 5.75 Å². The average Bonchev–Trinajstić information content (AvgIpc) is 2.73. The third-order valence-corrected chi connectivity index (χ3v) is 4.89. The summed E-state index contributed by atoms with van der Waals surface area (Å²) in [6.45, 7) is 3.05. The third kappa shape index (κ3) is 3.09. The number of nitrogens with one attached hydrogen (secondary N) is 1. The summed E-state index contributed by atoms with van der Waals surface area (Å²) in [6.07, 6.45) is 1.23. The van der Waals surface area contributed by atoms with Crippen LogP contribution in [0.4, 0.5) is 0 Å². The van der Waals surface area contributed by atoms with Crippen molar-refractivity contribution in [3.8, 4) is 5.75 Å². The monoisotopic (exact) mass is 271 g/mol. The molecule has 4 heteroatoms. The maximum absolute atomic E-state index is 6.20. The second kappa shape index (κ2) is 5.98. The van der Waals surface area contributed by atoms with Gasteiger partial charge in [-0.1, -0.05) is 24.6 Å². The molecule has 1 aromatic carbocycles. The number of rotatable bonds is 4. The van der Waals surface area contributed by atoms with E-state index in [1.54, 1.807) is 7.11 Å². The Labute approximate surface area is 112 Å². The molecule has 2 rings (SSSR count). The van der Waals surface area contributed by atoms with E-state index >= 15 is 0 Å². The van der Waals surface area contributed by atoms with Crippen LogP contribution in [0.15, 0.2) is 18.2 Å². The van der Waals surface area contributed by atoms with Crippen LogP contribution < -0.4 is 10.1 Å². The average molecular weight is 272 g/mol. The summed E-state index contributed by atoms with van der Waals surface area (Å²) >= 11 is 8.23. The highest BCUT2D eigenvalue weighted by molar-refractivity contribution is 8.00. The highest BCUT2D eigenvalue weighted by Crippen LogP contribution is 2.29. The summed E-state index contributed by atoms with van der Waals surface area (Å²) in [4.78, 5) is 0. The van der Waals surface area contributed by atoms with Crippen LogP contribution >= 0.6 is 23.4 Å². The van der Waals surface area contributed by atoms with Crippen molar-refractivity contribution in [3.63, 3.8) is 0 Å². The smallest absolute Gasteiger partial charge is 0.124 e. The van der Waals surface area contributed by atoms with Crippen molar-refractivity contribution >= 4 is 23.4 Å². The number of methoxy groups -OCH3 is 1. The van der Waals surface area contributed by atoms with E-state index in [4.69, 9.17) is 16.3 Å². The summed E-state index contributed by atoms with van der Waals surface area (Å²) in [7, 11) is 1.68. The van der Waals surface area contributed by atoms with Gasteiger partial charge >= 0.3 is 0 Å². The first kappa shape index (κ1) is 13.1. The number of hydrogen-bond acceptors (Lipinski definition) is 3. The van der Waals surface area contributed by atoms with Crippen molar-refractivity contribution in [2.45, 2.75) is 31.2 Å². The molecular formula is C13H18ClNOS. The quantitative estimate of drug-likeness (QED) is 0.908. The zero-order valence-corrected chi connectivity index (χ0v) is 11.8. The van der Waals surface area contributed by atoms with Gasteiger partial charge in [0.1, 0.15) is 5.75 Å². The third-order valence-electron chi connectivity index (χ3n) is 3.21. The van der Waals surface area contributed by atoms with Gasteiger partial charge in [-0.25, -0.2) is 0 Å². The molecule has 1 aliphatic rings. The Balaban J connectivity index is 2.03. The summed E-state index contributed by atoms with van der Waals surface area (Å²) in [5.74, 6) is 2.11. The lowest BCUT2D eigenvalue weighted by atomic mass is 10.1. The lowest BCUT2D eigenvalue weighted by Crippen LogP contribution is -2.33. The van der Waals surface area contributed by atoms with Crippen LogP contribution in [0.2, 0.25) is 5.02 Å². The second-order valence-electron chi connectivity index (χ2n) is 4.27. The van der Waals surface area contributed by atoms with Gasteiger partial charge < -0.3 is 10.1 Å². The molecule has 1 N–H and O–H groups in total. The first-order chi connectivity index (χ1) is 8.22. The molecular weight excluding hydrogens is 254 g/mol. The fourth-order valence-electron chi connectivity index (χ4n) is 2.13. The van der Waals surface area contributed by atoms with Crippen molar-refractivity contribution in [1.82, 2.24) is 5.32 Å². The Morgan fingerprint density at radius 1 is 1.53 bits per heavy atom. The van der Waals surface area contributed by atoms with Crippen LogP contribution in [-0.2, 0) is 6.54 Å². The first-order valence-corrected chi connectivity index (χ1v) is 7.31. The number of hydrogen-bond donors (Lipinski definition) is 1. The minimum absolute atomic E-state index is 0.584. The first-order valence-electron chi connectivity index (χ1n) is 5.88. The van der Waals surface area contributed by atoms with Gasteiger partial charge in [-0.15, -0.1) is 0 Å². The maximum atomic E-state index is 6.20. The summed E-state index contributed by atoms with van der Waals surface area (Å²) < 4.78 is 5.34. The Morgan fingerprint density at radius 3 is 3.00 bits per heavy atom. The van der Waals surface area contributed by atoms with E-state index in [2.05, 4.69) is 12.2 Å². The molecule has 1 saturated heterocycles. The molecule has 1 heterocycles. The standard InChI is InChI=1S/C13H18ClNOS/c1-9-12(6-7-17-9)15-8-10-11(14)4-3-5-13(10)16-2/h3-5,9,12,15H,6-8H2,1-2H3. The van der Waals surface area contributed by atoms with E-state index < -0.39 is 0 Å². The van der Waals surface area contributed by atoms with Crippen molar-refractivity contribution < 1.29 is 4.74 Å². The molecule has 2 atom stereocenters.